The van der Waals surface area contributed by atoms with Gasteiger partial charge in [0.1, 0.15) is 0 Å². The maximum Gasteiger partial charge on any atom is 0.0412 e. The first kappa shape index (κ1) is 17.0. The first-order chi connectivity index (χ1) is 9.47. The molecule has 0 spiro atoms. The van der Waals surface area contributed by atoms with E-state index >= 15 is 0 Å². The Morgan fingerprint density at radius 3 is 2.40 bits per heavy atom. The fraction of sp³-hybridized carbons (Fsp3) is 0.667. The smallest absolute Gasteiger partial charge is 0.0412 e. The van der Waals surface area contributed by atoms with Crippen LogP contribution in [-0.4, -0.2) is 19.1 Å². The predicted octanol–water partition coefficient (Wildman–Crippen LogP) is 4.37. The van der Waals surface area contributed by atoms with Crippen molar-refractivity contribution < 1.29 is 0 Å². The number of rotatable bonds is 8. The second-order valence-corrected chi connectivity index (χ2v) is 6.22. The minimum Gasteiger partial charge on any atom is -0.371 e. The van der Waals surface area contributed by atoms with Crippen LogP contribution in [0.3, 0.4) is 0 Å². The van der Waals surface area contributed by atoms with Gasteiger partial charge in [-0.25, -0.2) is 0 Å². The Kier molecular flexibility index (Phi) is 7.08. The van der Waals surface area contributed by atoms with E-state index in [1.807, 2.05) is 0 Å². The molecule has 0 aliphatic carbocycles. The molecule has 1 aromatic carbocycles. The Morgan fingerprint density at radius 1 is 1.15 bits per heavy atom. The van der Waals surface area contributed by atoms with Crippen molar-refractivity contribution in [3.8, 4) is 0 Å². The number of nitrogens with one attached hydrogen (secondary N) is 1. The Labute approximate surface area is 125 Å². The SMILES string of the molecule is CCC(C)CN(CC)c1ccc(C)cc1CNC(C)C. The van der Waals surface area contributed by atoms with Crippen molar-refractivity contribution in [2.45, 2.75) is 60.5 Å². The summed E-state index contributed by atoms with van der Waals surface area (Å²) in [6.45, 7) is 16.6. The van der Waals surface area contributed by atoms with Gasteiger partial charge in [0.2, 0.25) is 0 Å². The number of aryl methyl sites for hydroxylation is 1. The molecule has 1 atom stereocenters. The van der Waals surface area contributed by atoms with E-state index in [2.05, 4.69) is 70.0 Å². The third kappa shape index (κ3) is 5.16. The van der Waals surface area contributed by atoms with Crippen molar-refractivity contribution in [1.29, 1.82) is 0 Å². The van der Waals surface area contributed by atoms with E-state index in [9.17, 15) is 0 Å². The molecule has 20 heavy (non-hydrogen) atoms. The number of hydrogen-bond acceptors (Lipinski definition) is 2. The van der Waals surface area contributed by atoms with Gasteiger partial charge in [-0.3, -0.25) is 0 Å². The van der Waals surface area contributed by atoms with Gasteiger partial charge in [0.15, 0.2) is 0 Å². The molecule has 2 heteroatoms. The molecular formula is C18H32N2. The van der Waals surface area contributed by atoms with E-state index in [0.29, 0.717) is 6.04 Å². The molecular weight excluding hydrogens is 244 g/mol. The average molecular weight is 276 g/mol. The normalized spacial score (nSPS) is 12.8. The molecule has 0 heterocycles. The topological polar surface area (TPSA) is 15.3 Å². The number of nitrogens with zero attached hydrogens (tertiary/aromatic N) is 1. The van der Waals surface area contributed by atoms with Gasteiger partial charge in [-0.05, 0) is 31.4 Å². The third-order valence-corrected chi connectivity index (χ3v) is 3.89. The summed E-state index contributed by atoms with van der Waals surface area (Å²) in [4.78, 5) is 2.52. The lowest BCUT2D eigenvalue weighted by atomic mass is 10.0. The highest BCUT2D eigenvalue weighted by molar-refractivity contribution is 5.55. The maximum absolute atomic E-state index is 3.55. The zero-order valence-corrected chi connectivity index (χ0v) is 14.2. The Hall–Kier alpha value is -1.02. The molecule has 2 nitrogen and oxygen atoms in total. The highest BCUT2D eigenvalue weighted by atomic mass is 15.1. The van der Waals surface area contributed by atoms with Crippen LogP contribution >= 0.6 is 0 Å². The Bertz CT molecular complexity index is 398. The van der Waals surface area contributed by atoms with Crippen LogP contribution < -0.4 is 10.2 Å². The van der Waals surface area contributed by atoms with Crippen LogP contribution in [0, 0.1) is 12.8 Å². The van der Waals surface area contributed by atoms with Crippen LogP contribution in [0.25, 0.3) is 0 Å². The lowest BCUT2D eigenvalue weighted by Gasteiger charge is -2.29. The van der Waals surface area contributed by atoms with Crippen LogP contribution in [0.5, 0.6) is 0 Å². The van der Waals surface area contributed by atoms with Gasteiger partial charge in [-0.1, -0.05) is 51.8 Å². The standard InChI is InChI=1S/C18H32N2/c1-7-15(5)13-20(8-2)18-10-9-16(6)11-17(18)12-19-14(3)4/h9-11,14-15,19H,7-8,12-13H2,1-6H3. The van der Waals surface area contributed by atoms with Gasteiger partial charge in [0, 0.05) is 31.4 Å². The fourth-order valence-electron chi connectivity index (χ4n) is 2.38. The molecule has 0 fully saturated rings. The van der Waals surface area contributed by atoms with Gasteiger partial charge in [0.25, 0.3) is 0 Å². The molecule has 1 unspecified atom stereocenters. The van der Waals surface area contributed by atoms with Crippen LogP contribution in [-0.2, 0) is 6.54 Å². The first-order valence-corrected chi connectivity index (χ1v) is 8.05. The molecule has 0 aliphatic heterocycles. The first-order valence-electron chi connectivity index (χ1n) is 8.05. The number of hydrogen-bond donors (Lipinski definition) is 1. The average Bonchev–Trinajstić information content (AvgIpc) is 2.42. The quantitative estimate of drug-likeness (QED) is 0.758. The monoisotopic (exact) mass is 276 g/mol. The molecule has 1 N–H and O–H groups in total. The maximum atomic E-state index is 3.55. The van der Waals surface area contributed by atoms with Crippen molar-refractivity contribution in [2.24, 2.45) is 5.92 Å². The van der Waals surface area contributed by atoms with Crippen molar-refractivity contribution in [3.63, 3.8) is 0 Å². The van der Waals surface area contributed by atoms with E-state index in [0.717, 1.165) is 25.6 Å². The minimum absolute atomic E-state index is 0.521. The summed E-state index contributed by atoms with van der Waals surface area (Å²) in [6, 6.07) is 7.36. The summed E-state index contributed by atoms with van der Waals surface area (Å²) in [6.07, 6.45) is 1.24. The van der Waals surface area contributed by atoms with Gasteiger partial charge in [-0.15, -0.1) is 0 Å². The largest absolute Gasteiger partial charge is 0.371 e. The van der Waals surface area contributed by atoms with Crippen LogP contribution in [0.1, 0.15) is 52.2 Å². The fourth-order valence-corrected chi connectivity index (χ4v) is 2.38. The van der Waals surface area contributed by atoms with Gasteiger partial charge in [-0.2, -0.15) is 0 Å². The highest BCUT2D eigenvalue weighted by Crippen LogP contribution is 2.23. The second kappa shape index (κ2) is 8.31. The van der Waals surface area contributed by atoms with E-state index in [4.69, 9.17) is 0 Å². The van der Waals surface area contributed by atoms with E-state index < -0.39 is 0 Å². The summed E-state index contributed by atoms with van der Waals surface area (Å²) in [5, 5.41) is 3.55. The van der Waals surface area contributed by atoms with Gasteiger partial charge in [0.05, 0.1) is 0 Å². The lowest BCUT2D eigenvalue weighted by Crippen LogP contribution is -2.30. The Morgan fingerprint density at radius 2 is 1.85 bits per heavy atom. The van der Waals surface area contributed by atoms with E-state index in [-0.39, 0.29) is 0 Å². The minimum atomic E-state index is 0.521. The van der Waals surface area contributed by atoms with Crippen molar-refractivity contribution in [3.05, 3.63) is 29.3 Å². The Balaban J connectivity index is 2.94. The molecule has 1 aromatic rings. The van der Waals surface area contributed by atoms with E-state index in [1.54, 1.807) is 0 Å². The predicted molar refractivity (Wildman–Crippen MR) is 90.5 cm³/mol. The number of anilines is 1. The summed E-state index contributed by atoms with van der Waals surface area (Å²) >= 11 is 0. The van der Waals surface area contributed by atoms with Crippen molar-refractivity contribution in [2.75, 3.05) is 18.0 Å². The van der Waals surface area contributed by atoms with Crippen LogP contribution in [0.4, 0.5) is 5.69 Å². The molecule has 0 aromatic heterocycles. The van der Waals surface area contributed by atoms with Crippen LogP contribution in [0.2, 0.25) is 0 Å². The van der Waals surface area contributed by atoms with Crippen LogP contribution in [0.15, 0.2) is 18.2 Å². The second-order valence-electron chi connectivity index (χ2n) is 6.22. The highest BCUT2D eigenvalue weighted by Gasteiger charge is 2.12. The summed E-state index contributed by atoms with van der Waals surface area (Å²) < 4.78 is 0. The molecule has 0 bridgehead atoms. The zero-order valence-electron chi connectivity index (χ0n) is 14.2. The third-order valence-electron chi connectivity index (χ3n) is 3.89. The summed E-state index contributed by atoms with van der Waals surface area (Å²) in [7, 11) is 0. The molecule has 0 radical (unpaired) electrons. The zero-order chi connectivity index (χ0) is 15.1. The molecule has 0 amide bonds. The summed E-state index contributed by atoms with van der Waals surface area (Å²) in [5.41, 5.74) is 4.16. The molecule has 114 valence electrons. The molecule has 1 rings (SSSR count). The van der Waals surface area contributed by atoms with Gasteiger partial charge < -0.3 is 10.2 Å². The summed E-state index contributed by atoms with van der Waals surface area (Å²) in [5.74, 6) is 0.738. The van der Waals surface area contributed by atoms with E-state index in [1.165, 1.54) is 23.2 Å². The lowest BCUT2D eigenvalue weighted by molar-refractivity contribution is 0.544. The van der Waals surface area contributed by atoms with Crippen molar-refractivity contribution in [1.82, 2.24) is 5.32 Å². The van der Waals surface area contributed by atoms with Gasteiger partial charge >= 0.3 is 0 Å². The molecule has 0 saturated heterocycles. The molecule has 0 aliphatic rings. The molecule has 0 saturated carbocycles. The number of benzene rings is 1. The van der Waals surface area contributed by atoms with Crippen molar-refractivity contribution >= 4 is 5.69 Å².